The maximum Gasteiger partial charge on any atom is 0.416 e. The smallest absolute Gasteiger partial charge is 0.416 e. The molecule has 164 valence electrons. The van der Waals surface area contributed by atoms with Gasteiger partial charge in [-0.25, -0.2) is 18.4 Å². The summed E-state index contributed by atoms with van der Waals surface area (Å²) in [6, 6.07) is 3.84. The largest absolute Gasteiger partial charge is 0.463 e. The van der Waals surface area contributed by atoms with Crippen molar-refractivity contribution < 1.29 is 26.0 Å². The average molecular weight is 461 g/mol. The fourth-order valence-electron chi connectivity index (χ4n) is 3.11. The molecule has 7 nitrogen and oxygen atoms in total. The number of aromatic nitrogens is 3. The van der Waals surface area contributed by atoms with Crippen molar-refractivity contribution in [3.05, 3.63) is 71.2 Å². The topological polar surface area (TPSA) is 103 Å². The summed E-state index contributed by atoms with van der Waals surface area (Å²) in [5, 5.41) is -0.127. The van der Waals surface area contributed by atoms with Gasteiger partial charge in [0, 0.05) is 29.7 Å². The summed E-state index contributed by atoms with van der Waals surface area (Å²) in [7, 11) is -3.84. The highest BCUT2D eigenvalue weighted by Gasteiger charge is 2.31. The van der Waals surface area contributed by atoms with Crippen molar-refractivity contribution in [1.29, 1.82) is 0 Å². The summed E-state index contributed by atoms with van der Waals surface area (Å²) < 4.78 is 69.7. The molecule has 0 amide bonds. The summed E-state index contributed by atoms with van der Waals surface area (Å²) >= 11 is 0. The Kier molecular flexibility index (Phi) is 5.29. The summed E-state index contributed by atoms with van der Waals surface area (Å²) in [5.74, 6) is -0.260. The minimum absolute atomic E-state index is 0.127. The van der Waals surface area contributed by atoms with E-state index in [1.54, 1.807) is 0 Å². The van der Waals surface area contributed by atoms with Crippen molar-refractivity contribution in [2.75, 3.05) is 5.75 Å². The molecule has 1 aromatic carbocycles. The molecule has 0 saturated carbocycles. The predicted molar refractivity (Wildman–Crippen MR) is 109 cm³/mol. The molecule has 0 aliphatic rings. The second-order valence-corrected chi connectivity index (χ2v) is 9.04. The zero-order valence-corrected chi connectivity index (χ0v) is 17.2. The van der Waals surface area contributed by atoms with Crippen molar-refractivity contribution in [2.45, 2.75) is 18.0 Å². The van der Waals surface area contributed by atoms with Gasteiger partial charge in [0.25, 0.3) is 0 Å². The van der Waals surface area contributed by atoms with E-state index in [1.807, 2.05) is 0 Å². The van der Waals surface area contributed by atoms with E-state index in [-0.39, 0.29) is 32.9 Å². The van der Waals surface area contributed by atoms with Gasteiger partial charge >= 0.3 is 6.18 Å². The van der Waals surface area contributed by atoms with Gasteiger partial charge in [-0.2, -0.15) is 13.2 Å². The SMILES string of the molecule is CCS(=O)(=O)c1cc(-c2cncnc2)cnc1-c1coc2cc(C(F)(F)F)ccc2c1=O. The van der Waals surface area contributed by atoms with Gasteiger partial charge in [0.1, 0.15) is 18.2 Å². The first-order valence-corrected chi connectivity index (χ1v) is 10.9. The highest BCUT2D eigenvalue weighted by Crippen LogP contribution is 2.33. The van der Waals surface area contributed by atoms with Crippen LogP contribution < -0.4 is 5.43 Å². The molecule has 0 N–H and O–H groups in total. The standard InChI is InChI=1S/C21H14F3N3O4S/c1-2-32(29,30)18-5-12(13-7-25-11-26-8-13)9-27-19(18)16-10-31-17-6-14(21(22,23)24)3-4-15(17)20(16)28/h3-11H,2H2,1H3. The lowest BCUT2D eigenvalue weighted by Gasteiger charge is -2.11. The quantitative estimate of drug-likeness (QED) is 0.450. The highest BCUT2D eigenvalue weighted by atomic mass is 32.2. The van der Waals surface area contributed by atoms with E-state index in [0.717, 1.165) is 24.5 Å². The van der Waals surface area contributed by atoms with Gasteiger partial charge < -0.3 is 4.42 Å². The molecule has 0 atom stereocenters. The number of nitrogens with zero attached hydrogens (tertiary/aromatic N) is 3. The van der Waals surface area contributed by atoms with Crippen molar-refractivity contribution in [1.82, 2.24) is 15.0 Å². The third kappa shape index (κ3) is 3.86. The van der Waals surface area contributed by atoms with Gasteiger partial charge in [-0.1, -0.05) is 6.92 Å². The number of halogens is 3. The number of pyridine rings is 1. The second-order valence-electron chi connectivity index (χ2n) is 6.79. The van der Waals surface area contributed by atoms with Crippen LogP contribution in [0.1, 0.15) is 12.5 Å². The molecule has 0 spiro atoms. The third-order valence-corrected chi connectivity index (χ3v) is 6.56. The summed E-state index contributed by atoms with van der Waals surface area (Å²) in [5.41, 5.74) is -1.33. The summed E-state index contributed by atoms with van der Waals surface area (Å²) in [4.78, 5) is 24.8. The van der Waals surface area contributed by atoms with Crippen LogP contribution in [0, 0.1) is 0 Å². The number of hydrogen-bond acceptors (Lipinski definition) is 7. The first-order valence-electron chi connectivity index (χ1n) is 9.23. The van der Waals surface area contributed by atoms with Gasteiger partial charge in [0.05, 0.1) is 32.9 Å². The Morgan fingerprint density at radius 1 is 1.03 bits per heavy atom. The van der Waals surface area contributed by atoms with E-state index >= 15 is 0 Å². The lowest BCUT2D eigenvalue weighted by atomic mass is 10.1. The number of hydrogen-bond donors (Lipinski definition) is 0. The van der Waals surface area contributed by atoms with Crippen LogP contribution in [-0.4, -0.2) is 29.1 Å². The van der Waals surface area contributed by atoms with E-state index in [9.17, 15) is 26.4 Å². The van der Waals surface area contributed by atoms with E-state index in [2.05, 4.69) is 15.0 Å². The molecule has 0 fully saturated rings. The highest BCUT2D eigenvalue weighted by molar-refractivity contribution is 7.91. The van der Waals surface area contributed by atoms with Crippen molar-refractivity contribution >= 4 is 20.8 Å². The van der Waals surface area contributed by atoms with Crippen LogP contribution in [-0.2, 0) is 16.0 Å². The number of benzene rings is 1. The lowest BCUT2D eigenvalue weighted by Crippen LogP contribution is -2.12. The molecular formula is C21H14F3N3O4S. The monoisotopic (exact) mass is 461 g/mol. The van der Waals surface area contributed by atoms with Gasteiger partial charge in [-0.05, 0) is 24.3 Å². The average Bonchev–Trinajstić information content (AvgIpc) is 2.79. The predicted octanol–water partition coefficient (Wildman–Crippen LogP) is 4.12. The van der Waals surface area contributed by atoms with Gasteiger partial charge in [-0.3, -0.25) is 9.78 Å². The Bertz CT molecular complexity index is 1480. The first kappa shape index (κ1) is 21.6. The number of alkyl halides is 3. The van der Waals surface area contributed by atoms with Crippen molar-refractivity contribution in [3.8, 4) is 22.4 Å². The second kappa shape index (κ2) is 7.83. The molecule has 4 aromatic rings. The molecular weight excluding hydrogens is 447 g/mol. The van der Waals surface area contributed by atoms with Gasteiger partial charge in [0.2, 0.25) is 5.43 Å². The van der Waals surface area contributed by atoms with Gasteiger partial charge in [0.15, 0.2) is 9.84 Å². The van der Waals surface area contributed by atoms with Crippen LogP contribution in [0.2, 0.25) is 0 Å². The molecule has 11 heteroatoms. The van der Waals surface area contributed by atoms with E-state index in [0.29, 0.717) is 11.1 Å². The molecule has 0 aliphatic carbocycles. The molecule has 0 radical (unpaired) electrons. The summed E-state index contributed by atoms with van der Waals surface area (Å²) in [6.07, 6.45) is 1.96. The molecule has 32 heavy (non-hydrogen) atoms. The van der Waals surface area contributed by atoms with Crippen molar-refractivity contribution in [3.63, 3.8) is 0 Å². The minimum Gasteiger partial charge on any atom is -0.463 e. The van der Waals surface area contributed by atoms with Crippen LogP contribution >= 0.6 is 0 Å². The summed E-state index contributed by atoms with van der Waals surface area (Å²) in [6.45, 7) is 1.44. The Morgan fingerprint density at radius 2 is 1.75 bits per heavy atom. The Balaban J connectivity index is 1.94. The molecule has 0 aliphatic heterocycles. The third-order valence-electron chi connectivity index (χ3n) is 4.82. The number of fused-ring (bicyclic) bond motifs is 1. The van der Waals surface area contributed by atoms with E-state index < -0.39 is 27.0 Å². The zero-order chi connectivity index (χ0) is 23.1. The molecule has 0 unspecified atom stereocenters. The van der Waals surface area contributed by atoms with Crippen LogP contribution in [0.15, 0.2) is 69.6 Å². The molecule has 0 bridgehead atoms. The Morgan fingerprint density at radius 3 is 2.41 bits per heavy atom. The van der Waals surface area contributed by atoms with Crippen LogP contribution in [0.3, 0.4) is 0 Å². The van der Waals surface area contributed by atoms with Crippen LogP contribution in [0.25, 0.3) is 33.4 Å². The first-order chi connectivity index (χ1) is 15.1. The molecule has 3 aromatic heterocycles. The Hall–Kier alpha value is -3.60. The van der Waals surface area contributed by atoms with Crippen LogP contribution in [0.5, 0.6) is 0 Å². The molecule has 4 rings (SSSR count). The fourth-order valence-corrected chi connectivity index (χ4v) is 4.19. The number of sulfone groups is 1. The fraction of sp³-hybridized carbons (Fsp3) is 0.143. The minimum atomic E-state index is -4.60. The Labute approximate surface area is 179 Å². The van der Waals surface area contributed by atoms with E-state index in [1.165, 1.54) is 37.9 Å². The maximum absolute atomic E-state index is 13.0. The lowest BCUT2D eigenvalue weighted by molar-refractivity contribution is -0.137. The number of rotatable bonds is 4. The van der Waals surface area contributed by atoms with Gasteiger partial charge in [-0.15, -0.1) is 0 Å². The zero-order valence-electron chi connectivity index (χ0n) is 16.4. The van der Waals surface area contributed by atoms with Crippen molar-refractivity contribution in [2.24, 2.45) is 0 Å². The van der Waals surface area contributed by atoms with Crippen LogP contribution in [0.4, 0.5) is 13.2 Å². The van der Waals surface area contributed by atoms with E-state index in [4.69, 9.17) is 4.42 Å². The molecule has 0 saturated heterocycles. The maximum atomic E-state index is 13.0. The molecule has 3 heterocycles. The normalized spacial score (nSPS) is 12.2.